The van der Waals surface area contributed by atoms with E-state index in [4.69, 9.17) is 5.73 Å². The van der Waals surface area contributed by atoms with Crippen LogP contribution in [0.25, 0.3) is 0 Å². The number of primary amides is 1. The van der Waals surface area contributed by atoms with Gasteiger partial charge in [-0.15, -0.1) is 11.3 Å². The lowest BCUT2D eigenvalue weighted by Gasteiger charge is -2.23. The smallest absolute Gasteiger partial charge is 0.234 e. The molecular weight excluding hydrogens is 208 g/mol. The highest BCUT2D eigenvalue weighted by Crippen LogP contribution is 2.19. The van der Waals surface area contributed by atoms with E-state index in [1.807, 2.05) is 32.2 Å². The lowest BCUT2D eigenvalue weighted by molar-refractivity contribution is -0.121. The second-order valence-corrected chi connectivity index (χ2v) is 5.01. The fourth-order valence-electron chi connectivity index (χ4n) is 1.49. The molecule has 1 aromatic rings. The van der Waals surface area contributed by atoms with Crippen molar-refractivity contribution >= 4 is 17.2 Å². The van der Waals surface area contributed by atoms with Crippen LogP contribution in [0, 0.1) is 5.92 Å². The van der Waals surface area contributed by atoms with Gasteiger partial charge >= 0.3 is 0 Å². The van der Waals surface area contributed by atoms with Gasteiger partial charge in [0.15, 0.2) is 0 Å². The summed E-state index contributed by atoms with van der Waals surface area (Å²) >= 11 is 1.68. The minimum absolute atomic E-state index is 0.171. The zero-order valence-electron chi connectivity index (χ0n) is 9.36. The molecule has 0 aliphatic carbocycles. The topological polar surface area (TPSA) is 55.1 Å². The molecule has 3 nitrogen and oxygen atoms in total. The number of nitrogens with two attached hydrogens (primary N) is 1. The van der Waals surface area contributed by atoms with Crippen molar-refractivity contribution in [2.24, 2.45) is 11.7 Å². The van der Waals surface area contributed by atoms with Gasteiger partial charge in [0.05, 0.1) is 6.04 Å². The average Bonchev–Trinajstić information content (AvgIpc) is 2.65. The molecule has 2 unspecified atom stereocenters. The molecule has 2 atom stereocenters. The molecule has 0 fully saturated rings. The fourth-order valence-corrected chi connectivity index (χ4v) is 2.24. The predicted molar refractivity (Wildman–Crippen MR) is 63.7 cm³/mol. The molecule has 1 rings (SSSR count). The van der Waals surface area contributed by atoms with E-state index in [0.717, 1.165) is 0 Å². The summed E-state index contributed by atoms with van der Waals surface area (Å²) in [5.41, 5.74) is 5.34. The zero-order valence-corrected chi connectivity index (χ0v) is 10.2. The summed E-state index contributed by atoms with van der Waals surface area (Å²) in [5.74, 6) is -0.0710. The maximum atomic E-state index is 11.2. The van der Waals surface area contributed by atoms with Gasteiger partial charge in [-0.1, -0.05) is 19.9 Å². The van der Waals surface area contributed by atoms with Crippen molar-refractivity contribution in [2.45, 2.75) is 32.9 Å². The Bertz CT molecular complexity index is 308. The summed E-state index contributed by atoms with van der Waals surface area (Å²) in [4.78, 5) is 12.4. The van der Waals surface area contributed by atoms with E-state index in [1.165, 1.54) is 4.88 Å². The first-order chi connectivity index (χ1) is 7.02. The van der Waals surface area contributed by atoms with Gasteiger partial charge in [-0.2, -0.15) is 0 Å². The number of rotatable bonds is 5. The first-order valence-electron chi connectivity index (χ1n) is 5.11. The van der Waals surface area contributed by atoms with E-state index >= 15 is 0 Å². The molecule has 0 aromatic carbocycles. The predicted octanol–water partition coefficient (Wildman–Crippen LogP) is 1.91. The minimum Gasteiger partial charge on any atom is -0.368 e. The van der Waals surface area contributed by atoms with Crippen LogP contribution in [0.15, 0.2) is 17.5 Å². The molecule has 0 aliphatic rings. The molecule has 1 heterocycles. The monoisotopic (exact) mass is 226 g/mol. The zero-order chi connectivity index (χ0) is 11.4. The van der Waals surface area contributed by atoms with Crippen LogP contribution < -0.4 is 11.1 Å². The molecule has 0 aliphatic heterocycles. The van der Waals surface area contributed by atoms with Gasteiger partial charge in [0.25, 0.3) is 0 Å². The van der Waals surface area contributed by atoms with Crippen LogP contribution in [0.5, 0.6) is 0 Å². The lowest BCUT2D eigenvalue weighted by atomic mass is 10.0. The standard InChI is InChI=1S/C11H18N2OS/c1-7(2)10(11(12)14)13-8(3)9-5-4-6-15-9/h4-8,10,13H,1-3H3,(H2,12,14). The molecule has 3 N–H and O–H groups in total. The van der Waals surface area contributed by atoms with E-state index in [2.05, 4.69) is 11.4 Å². The van der Waals surface area contributed by atoms with Crippen molar-refractivity contribution in [3.8, 4) is 0 Å². The number of carbonyl (C=O) groups is 1. The summed E-state index contributed by atoms with van der Waals surface area (Å²) in [6.07, 6.45) is 0. The third-order valence-electron chi connectivity index (χ3n) is 2.37. The maximum absolute atomic E-state index is 11.2. The Kier molecular flexibility index (Phi) is 4.29. The van der Waals surface area contributed by atoms with Gasteiger partial charge in [0.1, 0.15) is 0 Å². The Balaban J connectivity index is 2.63. The van der Waals surface area contributed by atoms with Gasteiger partial charge in [-0.25, -0.2) is 0 Å². The SMILES string of the molecule is CC(NC(C(N)=O)C(C)C)c1cccs1. The molecule has 0 saturated heterocycles. The third-order valence-corrected chi connectivity index (χ3v) is 3.43. The van der Waals surface area contributed by atoms with E-state index in [0.29, 0.717) is 0 Å². The van der Waals surface area contributed by atoms with Gasteiger partial charge in [-0.3, -0.25) is 10.1 Å². The summed E-state index contributed by atoms with van der Waals surface area (Å²) in [6, 6.07) is 3.97. The Labute approximate surface area is 94.7 Å². The van der Waals surface area contributed by atoms with E-state index in [9.17, 15) is 4.79 Å². The lowest BCUT2D eigenvalue weighted by Crippen LogP contribution is -2.45. The maximum Gasteiger partial charge on any atom is 0.234 e. The van der Waals surface area contributed by atoms with Crippen LogP contribution in [0.1, 0.15) is 31.7 Å². The van der Waals surface area contributed by atoms with Gasteiger partial charge in [0, 0.05) is 10.9 Å². The Hall–Kier alpha value is -0.870. The molecule has 0 spiro atoms. The number of hydrogen-bond acceptors (Lipinski definition) is 3. The van der Waals surface area contributed by atoms with Crippen molar-refractivity contribution < 1.29 is 4.79 Å². The van der Waals surface area contributed by atoms with Crippen LogP contribution in [-0.4, -0.2) is 11.9 Å². The average molecular weight is 226 g/mol. The highest BCUT2D eigenvalue weighted by Gasteiger charge is 2.21. The highest BCUT2D eigenvalue weighted by atomic mass is 32.1. The van der Waals surface area contributed by atoms with Crippen molar-refractivity contribution in [3.05, 3.63) is 22.4 Å². The molecule has 0 radical (unpaired) electrons. The minimum atomic E-state index is -0.284. The fraction of sp³-hybridized carbons (Fsp3) is 0.545. The summed E-state index contributed by atoms with van der Waals surface area (Å²) in [6.45, 7) is 6.03. The van der Waals surface area contributed by atoms with Crippen LogP contribution >= 0.6 is 11.3 Å². The van der Waals surface area contributed by atoms with Crippen molar-refractivity contribution in [1.29, 1.82) is 0 Å². The van der Waals surface area contributed by atoms with Crippen LogP contribution in [0.3, 0.4) is 0 Å². The number of thiophene rings is 1. The van der Waals surface area contributed by atoms with Crippen molar-refractivity contribution in [3.63, 3.8) is 0 Å². The summed E-state index contributed by atoms with van der Waals surface area (Å²) in [5, 5.41) is 5.28. The van der Waals surface area contributed by atoms with E-state index in [1.54, 1.807) is 11.3 Å². The summed E-state index contributed by atoms with van der Waals surface area (Å²) in [7, 11) is 0. The molecule has 0 saturated carbocycles. The molecular formula is C11H18N2OS. The van der Waals surface area contributed by atoms with Crippen molar-refractivity contribution in [2.75, 3.05) is 0 Å². The second kappa shape index (κ2) is 5.28. The van der Waals surface area contributed by atoms with E-state index in [-0.39, 0.29) is 23.9 Å². The molecule has 0 bridgehead atoms. The van der Waals surface area contributed by atoms with Gasteiger partial charge < -0.3 is 5.73 Å². The third kappa shape index (κ3) is 3.32. The molecule has 84 valence electrons. The Morgan fingerprint density at radius 1 is 1.47 bits per heavy atom. The molecule has 1 amide bonds. The normalized spacial score (nSPS) is 15.2. The molecule has 1 aromatic heterocycles. The van der Waals surface area contributed by atoms with E-state index < -0.39 is 0 Å². The summed E-state index contributed by atoms with van der Waals surface area (Å²) < 4.78 is 0. The second-order valence-electron chi connectivity index (χ2n) is 4.03. The van der Waals surface area contributed by atoms with Crippen molar-refractivity contribution in [1.82, 2.24) is 5.32 Å². The molecule has 4 heteroatoms. The first-order valence-corrected chi connectivity index (χ1v) is 5.99. The Morgan fingerprint density at radius 3 is 2.53 bits per heavy atom. The highest BCUT2D eigenvalue weighted by molar-refractivity contribution is 7.10. The van der Waals surface area contributed by atoms with Gasteiger partial charge in [-0.05, 0) is 24.3 Å². The number of nitrogens with one attached hydrogen (secondary N) is 1. The molecule has 15 heavy (non-hydrogen) atoms. The van der Waals surface area contributed by atoms with Crippen LogP contribution in [-0.2, 0) is 4.79 Å². The number of amides is 1. The number of hydrogen-bond donors (Lipinski definition) is 2. The van der Waals surface area contributed by atoms with Crippen LogP contribution in [0.2, 0.25) is 0 Å². The first kappa shape index (κ1) is 12.2. The largest absolute Gasteiger partial charge is 0.368 e. The number of carbonyl (C=O) groups excluding carboxylic acids is 1. The van der Waals surface area contributed by atoms with Gasteiger partial charge in [0.2, 0.25) is 5.91 Å². The quantitative estimate of drug-likeness (QED) is 0.805. The van der Waals surface area contributed by atoms with Crippen LogP contribution in [0.4, 0.5) is 0 Å². The Morgan fingerprint density at radius 2 is 2.13 bits per heavy atom.